The number of carbonyl (C=O) groups excluding carboxylic acids is 2. The number of thioether (sulfide) groups is 1. The molecule has 1 heterocycles. The molecule has 3 atom stereocenters. The van der Waals surface area contributed by atoms with Crippen molar-refractivity contribution >= 4 is 35.2 Å². The SMILES string of the molecule is Cc1ccc(NC(=O)C2CSCN2C(=O)C2CCCC(C(=O)O)C2)c(C)c1. The van der Waals surface area contributed by atoms with Gasteiger partial charge in [0.1, 0.15) is 6.04 Å². The van der Waals surface area contributed by atoms with Gasteiger partial charge < -0.3 is 15.3 Å². The number of carbonyl (C=O) groups is 3. The number of aryl methyl sites for hydroxylation is 2. The highest BCUT2D eigenvalue weighted by Crippen LogP contribution is 2.33. The van der Waals surface area contributed by atoms with Crippen molar-refractivity contribution in [3.05, 3.63) is 29.3 Å². The molecule has 1 aromatic rings. The van der Waals surface area contributed by atoms with Gasteiger partial charge in [0.05, 0.1) is 11.8 Å². The van der Waals surface area contributed by atoms with Crippen LogP contribution in [0.2, 0.25) is 0 Å². The Hall–Kier alpha value is -2.02. The third-order valence-electron chi connectivity index (χ3n) is 5.48. The van der Waals surface area contributed by atoms with Crippen LogP contribution in [-0.2, 0) is 14.4 Å². The van der Waals surface area contributed by atoms with Crippen LogP contribution in [0.1, 0.15) is 36.8 Å². The number of benzene rings is 1. The number of amides is 2. The molecule has 27 heavy (non-hydrogen) atoms. The lowest BCUT2D eigenvalue weighted by molar-refractivity contribution is -0.146. The Balaban J connectivity index is 1.68. The first-order chi connectivity index (χ1) is 12.9. The second-order valence-electron chi connectivity index (χ2n) is 7.53. The summed E-state index contributed by atoms with van der Waals surface area (Å²) < 4.78 is 0. The molecule has 1 aromatic carbocycles. The summed E-state index contributed by atoms with van der Waals surface area (Å²) in [7, 11) is 0. The number of aliphatic carboxylic acids is 1. The van der Waals surface area contributed by atoms with Gasteiger partial charge in [0.25, 0.3) is 0 Å². The van der Waals surface area contributed by atoms with Gasteiger partial charge in [-0.15, -0.1) is 11.8 Å². The molecule has 1 aliphatic carbocycles. The number of hydrogen-bond acceptors (Lipinski definition) is 4. The van der Waals surface area contributed by atoms with Crippen LogP contribution in [0.3, 0.4) is 0 Å². The van der Waals surface area contributed by atoms with Gasteiger partial charge in [0, 0.05) is 17.4 Å². The first-order valence-corrected chi connectivity index (χ1v) is 10.5. The molecule has 0 radical (unpaired) electrons. The molecule has 1 saturated heterocycles. The van der Waals surface area contributed by atoms with Gasteiger partial charge in [0.2, 0.25) is 11.8 Å². The fraction of sp³-hybridized carbons (Fsp3) is 0.550. The fourth-order valence-electron chi connectivity index (χ4n) is 3.92. The first kappa shape index (κ1) is 19.7. The summed E-state index contributed by atoms with van der Waals surface area (Å²) in [5.41, 5.74) is 2.88. The van der Waals surface area contributed by atoms with Crippen molar-refractivity contribution in [2.24, 2.45) is 11.8 Å². The molecule has 7 heteroatoms. The van der Waals surface area contributed by atoms with Gasteiger partial charge in [-0.25, -0.2) is 0 Å². The van der Waals surface area contributed by atoms with E-state index >= 15 is 0 Å². The summed E-state index contributed by atoms with van der Waals surface area (Å²) in [6.45, 7) is 3.95. The molecular weight excluding hydrogens is 364 g/mol. The Kier molecular flexibility index (Phi) is 6.09. The van der Waals surface area contributed by atoms with Crippen molar-refractivity contribution in [2.45, 2.75) is 45.6 Å². The smallest absolute Gasteiger partial charge is 0.306 e. The van der Waals surface area contributed by atoms with Gasteiger partial charge in [-0.05, 0) is 44.7 Å². The van der Waals surface area contributed by atoms with E-state index in [4.69, 9.17) is 0 Å². The number of nitrogens with zero attached hydrogens (tertiary/aromatic N) is 1. The molecule has 1 aliphatic heterocycles. The van der Waals surface area contributed by atoms with Crippen LogP contribution in [0.5, 0.6) is 0 Å². The van der Waals surface area contributed by atoms with E-state index in [-0.39, 0.29) is 17.7 Å². The minimum atomic E-state index is -0.826. The molecule has 0 spiro atoms. The van der Waals surface area contributed by atoms with E-state index in [1.165, 1.54) is 0 Å². The van der Waals surface area contributed by atoms with Crippen molar-refractivity contribution in [1.29, 1.82) is 0 Å². The Morgan fingerprint density at radius 3 is 2.63 bits per heavy atom. The van der Waals surface area contributed by atoms with Gasteiger partial charge >= 0.3 is 5.97 Å². The molecule has 2 fully saturated rings. The molecule has 3 unspecified atom stereocenters. The summed E-state index contributed by atoms with van der Waals surface area (Å²) >= 11 is 1.56. The maximum Gasteiger partial charge on any atom is 0.306 e. The zero-order chi connectivity index (χ0) is 19.6. The minimum absolute atomic E-state index is 0.0771. The Morgan fingerprint density at radius 1 is 1.19 bits per heavy atom. The van der Waals surface area contributed by atoms with Crippen molar-refractivity contribution in [1.82, 2.24) is 4.90 Å². The van der Waals surface area contributed by atoms with Crippen LogP contribution in [0.4, 0.5) is 5.69 Å². The van der Waals surface area contributed by atoms with Gasteiger partial charge in [0.15, 0.2) is 0 Å². The number of carboxylic acids is 1. The number of rotatable bonds is 4. The maximum atomic E-state index is 13.0. The quantitative estimate of drug-likeness (QED) is 0.825. The molecule has 0 bridgehead atoms. The molecule has 1 saturated carbocycles. The van der Waals surface area contributed by atoms with Crippen LogP contribution >= 0.6 is 11.8 Å². The minimum Gasteiger partial charge on any atom is -0.481 e. The Labute approximate surface area is 163 Å². The highest BCUT2D eigenvalue weighted by atomic mass is 32.2. The highest BCUT2D eigenvalue weighted by molar-refractivity contribution is 7.99. The molecule has 2 N–H and O–H groups in total. The van der Waals surface area contributed by atoms with E-state index in [0.29, 0.717) is 30.9 Å². The lowest BCUT2D eigenvalue weighted by Crippen LogP contribution is -2.47. The number of hydrogen-bond donors (Lipinski definition) is 2. The van der Waals surface area contributed by atoms with Crippen LogP contribution in [0.15, 0.2) is 18.2 Å². The van der Waals surface area contributed by atoms with Crippen LogP contribution in [0.25, 0.3) is 0 Å². The second-order valence-corrected chi connectivity index (χ2v) is 8.53. The van der Waals surface area contributed by atoms with Crippen molar-refractivity contribution in [3.8, 4) is 0 Å². The Bertz CT molecular complexity index is 751. The lowest BCUT2D eigenvalue weighted by atomic mass is 9.80. The van der Waals surface area contributed by atoms with Crippen LogP contribution in [-0.4, -0.2) is 45.5 Å². The van der Waals surface area contributed by atoms with E-state index in [2.05, 4.69) is 5.32 Å². The van der Waals surface area contributed by atoms with E-state index in [1.54, 1.807) is 16.7 Å². The highest BCUT2D eigenvalue weighted by Gasteiger charge is 2.40. The average Bonchev–Trinajstić information content (AvgIpc) is 3.13. The molecule has 6 nitrogen and oxygen atoms in total. The van der Waals surface area contributed by atoms with Crippen molar-refractivity contribution in [3.63, 3.8) is 0 Å². The van der Waals surface area contributed by atoms with Crippen LogP contribution in [0, 0.1) is 25.7 Å². The normalized spacial score (nSPS) is 25.3. The summed E-state index contributed by atoms with van der Waals surface area (Å²) in [6, 6.07) is 5.34. The lowest BCUT2D eigenvalue weighted by Gasteiger charge is -2.31. The number of nitrogens with one attached hydrogen (secondary N) is 1. The summed E-state index contributed by atoms with van der Waals surface area (Å²) in [6.07, 6.45) is 2.45. The molecule has 0 aromatic heterocycles. The topological polar surface area (TPSA) is 86.7 Å². The number of anilines is 1. The molecule has 2 aliphatic rings. The van der Waals surface area contributed by atoms with E-state index in [9.17, 15) is 19.5 Å². The molecule has 146 valence electrons. The Morgan fingerprint density at radius 2 is 1.93 bits per heavy atom. The third kappa shape index (κ3) is 4.46. The van der Waals surface area contributed by atoms with E-state index in [1.807, 2.05) is 32.0 Å². The fourth-order valence-corrected chi connectivity index (χ4v) is 5.08. The average molecular weight is 391 g/mol. The molecule has 3 rings (SSSR count). The monoisotopic (exact) mass is 390 g/mol. The standard InChI is InChI=1S/C20H26N2O4S/c1-12-6-7-16(13(2)8-12)21-18(23)17-10-27-11-22(17)19(24)14-4-3-5-15(9-14)20(25)26/h6-8,14-15,17H,3-5,9-11H2,1-2H3,(H,21,23)(H,25,26). The van der Waals surface area contributed by atoms with Gasteiger partial charge in [-0.1, -0.05) is 24.1 Å². The molecule has 2 amide bonds. The summed E-state index contributed by atoms with van der Waals surface area (Å²) in [4.78, 5) is 38.7. The van der Waals surface area contributed by atoms with Crippen LogP contribution < -0.4 is 5.32 Å². The first-order valence-electron chi connectivity index (χ1n) is 9.36. The maximum absolute atomic E-state index is 13.0. The largest absolute Gasteiger partial charge is 0.481 e. The van der Waals surface area contributed by atoms with Crippen molar-refractivity contribution in [2.75, 3.05) is 16.9 Å². The number of carboxylic acid groups (broad SMARTS) is 1. The summed E-state index contributed by atoms with van der Waals surface area (Å²) in [5.74, 6) is -0.777. The zero-order valence-corrected chi connectivity index (χ0v) is 16.6. The van der Waals surface area contributed by atoms with E-state index in [0.717, 1.165) is 23.2 Å². The van der Waals surface area contributed by atoms with E-state index < -0.39 is 17.9 Å². The second kappa shape index (κ2) is 8.33. The predicted molar refractivity (Wildman–Crippen MR) is 106 cm³/mol. The third-order valence-corrected chi connectivity index (χ3v) is 6.49. The van der Waals surface area contributed by atoms with Gasteiger partial charge in [-0.2, -0.15) is 0 Å². The zero-order valence-electron chi connectivity index (χ0n) is 15.7. The van der Waals surface area contributed by atoms with Crippen molar-refractivity contribution < 1.29 is 19.5 Å². The van der Waals surface area contributed by atoms with Gasteiger partial charge in [-0.3, -0.25) is 14.4 Å². The predicted octanol–water partition coefficient (Wildman–Crippen LogP) is 3.03. The summed E-state index contributed by atoms with van der Waals surface area (Å²) in [5, 5.41) is 12.2. The molecular formula is C20H26N2O4S.